The van der Waals surface area contributed by atoms with Crippen molar-refractivity contribution >= 4 is 27.3 Å². The summed E-state index contributed by atoms with van der Waals surface area (Å²) in [6.45, 7) is 15.6. The van der Waals surface area contributed by atoms with Gasteiger partial charge in [-0.2, -0.15) is 0 Å². The van der Waals surface area contributed by atoms with E-state index in [0.29, 0.717) is 35.8 Å². The number of sulfonamides is 1. The number of aliphatic imine (C=N–C) groups is 1. The van der Waals surface area contributed by atoms with Crippen LogP contribution in [0.15, 0.2) is 102 Å². The highest BCUT2D eigenvalue weighted by molar-refractivity contribution is 7.97. The average molecular weight is 531 g/mol. The lowest BCUT2D eigenvalue weighted by atomic mass is 9.97. The van der Waals surface area contributed by atoms with E-state index in [9.17, 15) is 13.2 Å². The Kier molecular flexibility index (Phi) is 8.44. The molecule has 0 saturated carbocycles. The summed E-state index contributed by atoms with van der Waals surface area (Å²) in [5.41, 5.74) is 4.31. The van der Waals surface area contributed by atoms with Gasteiger partial charge in [-0.05, 0) is 53.0 Å². The molecule has 1 aliphatic carbocycles. The fourth-order valence-corrected chi connectivity index (χ4v) is 5.94. The van der Waals surface area contributed by atoms with Crippen molar-refractivity contribution in [3.8, 4) is 0 Å². The lowest BCUT2D eigenvalue weighted by molar-refractivity contribution is 0.0628. The Morgan fingerprint density at radius 3 is 2.42 bits per heavy atom. The third kappa shape index (κ3) is 6.20. The van der Waals surface area contributed by atoms with Gasteiger partial charge in [0.2, 0.25) is 0 Å². The summed E-state index contributed by atoms with van der Waals surface area (Å²) in [5.74, 6) is 0.415. The SMILES string of the molecule is C=CN=C1C(=C)C=CC=C1S(=O)(=O)Nc1ccc(C(=O)N2CCN(Cc3ccccc3C(C)C)CC2)cc1. The van der Waals surface area contributed by atoms with Crippen molar-refractivity contribution in [1.82, 2.24) is 9.80 Å². The first-order chi connectivity index (χ1) is 18.2. The molecule has 2 aromatic carbocycles. The number of piperazine rings is 1. The number of benzene rings is 2. The largest absolute Gasteiger partial charge is 0.336 e. The quantitative estimate of drug-likeness (QED) is 0.515. The Labute approximate surface area is 225 Å². The Balaban J connectivity index is 1.37. The second kappa shape index (κ2) is 11.8. The lowest BCUT2D eigenvalue weighted by Crippen LogP contribution is -2.48. The van der Waals surface area contributed by atoms with Crippen LogP contribution in [0, 0.1) is 0 Å². The standard InChI is InChI=1S/C30H34N4O3S/c1-5-31-29-23(4)9-8-12-28(29)38(36,37)32-26-15-13-24(14-16-26)30(35)34-19-17-33(18-20-34)21-25-10-6-7-11-27(25)22(2)3/h5-16,22,32H,1,4,17-21H2,2-3H3. The third-order valence-electron chi connectivity index (χ3n) is 6.71. The molecule has 1 heterocycles. The monoisotopic (exact) mass is 530 g/mol. The smallest absolute Gasteiger partial charge is 0.264 e. The third-order valence-corrected chi connectivity index (χ3v) is 8.12. The Morgan fingerprint density at radius 1 is 1.08 bits per heavy atom. The zero-order valence-electron chi connectivity index (χ0n) is 21.9. The predicted octanol–water partition coefficient (Wildman–Crippen LogP) is 5.10. The van der Waals surface area contributed by atoms with Crippen molar-refractivity contribution < 1.29 is 13.2 Å². The number of hydrogen-bond acceptors (Lipinski definition) is 5. The normalized spacial score (nSPS) is 17.6. The number of rotatable bonds is 8. The number of nitrogens with zero attached hydrogens (tertiary/aromatic N) is 3. The van der Waals surface area contributed by atoms with Crippen LogP contribution in [0.3, 0.4) is 0 Å². The molecule has 198 valence electrons. The van der Waals surface area contributed by atoms with E-state index in [1.54, 1.807) is 36.4 Å². The number of carbonyl (C=O) groups is 1. The maximum Gasteiger partial charge on any atom is 0.264 e. The fraction of sp³-hybridized carbons (Fsp3) is 0.267. The summed E-state index contributed by atoms with van der Waals surface area (Å²) >= 11 is 0. The molecule has 2 aliphatic rings. The predicted molar refractivity (Wildman–Crippen MR) is 155 cm³/mol. The molecule has 7 nitrogen and oxygen atoms in total. The van der Waals surface area contributed by atoms with Crippen molar-refractivity contribution in [2.24, 2.45) is 4.99 Å². The number of carbonyl (C=O) groups excluding carboxylic acids is 1. The van der Waals surface area contributed by atoms with E-state index < -0.39 is 10.0 Å². The number of anilines is 1. The minimum atomic E-state index is -3.92. The van der Waals surface area contributed by atoms with E-state index >= 15 is 0 Å². The second-order valence-electron chi connectivity index (χ2n) is 9.68. The van der Waals surface area contributed by atoms with E-state index in [1.807, 2.05) is 4.90 Å². The molecule has 1 aliphatic heterocycles. The van der Waals surface area contributed by atoms with Crippen LogP contribution in [0.4, 0.5) is 5.69 Å². The number of hydrogen-bond donors (Lipinski definition) is 1. The van der Waals surface area contributed by atoms with Gasteiger partial charge >= 0.3 is 0 Å². The average Bonchev–Trinajstić information content (AvgIpc) is 2.90. The van der Waals surface area contributed by atoms with Crippen LogP contribution in [0.5, 0.6) is 0 Å². The molecule has 1 N–H and O–H groups in total. The van der Waals surface area contributed by atoms with Gasteiger partial charge in [0.25, 0.3) is 15.9 Å². The van der Waals surface area contributed by atoms with Crippen molar-refractivity contribution in [1.29, 1.82) is 0 Å². The van der Waals surface area contributed by atoms with E-state index in [-0.39, 0.29) is 16.5 Å². The molecule has 8 heteroatoms. The summed E-state index contributed by atoms with van der Waals surface area (Å²) < 4.78 is 28.6. The van der Waals surface area contributed by atoms with Crippen LogP contribution in [-0.4, -0.2) is 56.0 Å². The molecule has 0 spiro atoms. The first kappa shape index (κ1) is 27.3. The summed E-state index contributed by atoms with van der Waals surface area (Å²) in [6.07, 6.45) is 6.06. The molecule has 4 rings (SSSR count). The molecule has 38 heavy (non-hydrogen) atoms. The molecular weight excluding hydrogens is 496 g/mol. The second-order valence-corrected chi connectivity index (χ2v) is 11.3. The van der Waals surface area contributed by atoms with Gasteiger partial charge < -0.3 is 4.90 Å². The minimum absolute atomic E-state index is 0.0129. The highest BCUT2D eigenvalue weighted by Gasteiger charge is 2.26. The van der Waals surface area contributed by atoms with Gasteiger partial charge in [0.15, 0.2) is 0 Å². The maximum atomic E-state index is 13.1. The van der Waals surface area contributed by atoms with Gasteiger partial charge in [-0.1, -0.05) is 63.4 Å². The van der Waals surface area contributed by atoms with Gasteiger partial charge in [-0.3, -0.25) is 19.4 Å². The number of nitrogens with one attached hydrogen (secondary N) is 1. The zero-order valence-corrected chi connectivity index (χ0v) is 22.7. The van der Waals surface area contributed by atoms with E-state index in [0.717, 1.165) is 19.6 Å². The Bertz CT molecular complexity index is 1410. The van der Waals surface area contributed by atoms with Gasteiger partial charge in [-0.15, -0.1) is 0 Å². The van der Waals surface area contributed by atoms with Gasteiger partial charge in [0.05, 0.1) is 5.71 Å². The fourth-order valence-electron chi connectivity index (χ4n) is 4.69. The van der Waals surface area contributed by atoms with Crippen LogP contribution in [-0.2, 0) is 16.6 Å². The molecular formula is C30H34N4O3S. The molecule has 2 aromatic rings. The van der Waals surface area contributed by atoms with Gasteiger partial charge in [0, 0.05) is 50.2 Å². The molecule has 1 fully saturated rings. The first-order valence-corrected chi connectivity index (χ1v) is 14.2. The van der Waals surface area contributed by atoms with Crippen molar-refractivity contribution in [3.05, 3.63) is 113 Å². The lowest BCUT2D eigenvalue weighted by Gasteiger charge is -2.35. The molecule has 0 unspecified atom stereocenters. The minimum Gasteiger partial charge on any atom is -0.336 e. The summed E-state index contributed by atoms with van der Waals surface area (Å²) in [6, 6.07) is 15.0. The van der Waals surface area contributed by atoms with Crippen LogP contribution < -0.4 is 4.72 Å². The van der Waals surface area contributed by atoms with Crippen LogP contribution in [0.1, 0.15) is 41.3 Å². The van der Waals surface area contributed by atoms with Crippen LogP contribution in [0.25, 0.3) is 0 Å². The molecule has 0 radical (unpaired) electrons. The van der Waals surface area contributed by atoms with Gasteiger partial charge in [0.1, 0.15) is 4.91 Å². The van der Waals surface area contributed by atoms with Crippen LogP contribution in [0.2, 0.25) is 0 Å². The Morgan fingerprint density at radius 2 is 1.76 bits per heavy atom. The first-order valence-electron chi connectivity index (χ1n) is 12.7. The summed E-state index contributed by atoms with van der Waals surface area (Å²) in [4.78, 5) is 21.4. The number of amides is 1. The van der Waals surface area contributed by atoms with E-state index in [1.165, 1.54) is 23.4 Å². The summed E-state index contributed by atoms with van der Waals surface area (Å²) in [5, 5.41) is 0. The Hall–Kier alpha value is -3.75. The van der Waals surface area contributed by atoms with Crippen LogP contribution >= 0.6 is 0 Å². The van der Waals surface area contributed by atoms with Gasteiger partial charge in [-0.25, -0.2) is 8.42 Å². The molecule has 0 aromatic heterocycles. The number of allylic oxidation sites excluding steroid dienone is 5. The molecule has 1 saturated heterocycles. The summed E-state index contributed by atoms with van der Waals surface area (Å²) in [7, 11) is -3.92. The highest BCUT2D eigenvalue weighted by atomic mass is 32.2. The topological polar surface area (TPSA) is 82.1 Å². The van der Waals surface area contributed by atoms with E-state index in [2.05, 4.69) is 65.9 Å². The van der Waals surface area contributed by atoms with Crippen molar-refractivity contribution in [2.75, 3.05) is 30.9 Å². The zero-order chi connectivity index (χ0) is 27.3. The molecule has 0 atom stereocenters. The molecule has 1 amide bonds. The van der Waals surface area contributed by atoms with E-state index in [4.69, 9.17) is 0 Å². The molecule has 0 bridgehead atoms. The maximum absolute atomic E-state index is 13.1. The van der Waals surface area contributed by atoms with Crippen molar-refractivity contribution in [2.45, 2.75) is 26.3 Å². The van der Waals surface area contributed by atoms with Crippen molar-refractivity contribution in [3.63, 3.8) is 0 Å². The highest BCUT2D eigenvalue weighted by Crippen LogP contribution is 2.24.